The van der Waals surface area contributed by atoms with E-state index in [1.165, 1.54) is 4.31 Å². The first-order valence-corrected chi connectivity index (χ1v) is 9.56. The van der Waals surface area contributed by atoms with Crippen LogP contribution in [0.15, 0.2) is 24.3 Å². The van der Waals surface area contributed by atoms with Crippen molar-refractivity contribution in [3.63, 3.8) is 0 Å². The molecule has 1 aromatic carbocycles. The monoisotopic (exact) mass is 357 g/mol. The highest BCUT2D eigenvalue weighted by Gasteiger charge is 2.35. The molecule has 0 aliphatic carbocycles. The molecule has 0 aromatic heterocycles. The van der Waals surface area contributed by atoms with E-state index in [4.69, 9.17) is 11.6 Å². The van der Waals surface area contributed by atoms with Crippen molar-refractivity contribution in [2.24, 2.45) is 0 Å². The molecule has 1 amide bonds. The predicted molar refractivity (Wildman–Crippen MR) is 88.1 cm³/mol. The van der Waals surface area contributed by atoms with Gasteiger partial charge in [-0.1, -0.05) is 29.8 Å². The minimum Gasteiger partial charge on any atom is -0.337 e. The van der Waals surface area contributed by atoms with Crippen molar-refractivity contribution in [1.29, 1.82) is 0 Å². The highest BCUT2D eigenvalue weighted by Crippen LogP contribution is 2.21. The molecular weight excluding hydrogens is 338 g/mol. The van der Waals surface area contributed by atoms with Crippen LogP contribution in [0.25, 0.3) is 0 Å². The molecule has 1 N–H and O–H groups in total. The number of hydrogen-bond acceptors (Lipinski definition) is 3. The molecule has 0 radical (unpaired) electrons. The maximum Gasteiger partial charge on any atom is 0.279 e. The van der Waals surface area contributed by atoms with Crippen LogP contribution >= 0.6 is 11.6 Å². The van der Waals surface area contributed by atoms with E-state index in [1.807, 2.05) is 18.2 Å². The Morgan fingerprint density at radius 1 is 1.22 bits per heavy atom. The Kier molecular flexibility index (Phi) is 4.91. The summed E-state index contributed by atoms with van der Waals surface area (Å²) in [5.41, 5.74) is 0.866. The number of carbonyl (C=O) groups excluding carboxylic acids is 1. The van der Waals surface area contributed by atoms with Gasteiger partial charge in [0.25, 0.3) is 10.2 Å². The van der Waals surface area contributed by atoms with Crippen LogP contribution in [0.3, 0.4) is 0 Å². The molecule has 0 bridgehead atoms. The van der Waals surface area contributed by atoms with Crippen LogP contribution in [0.1, 0.15) is 24.8 Å². The van der Waals surface area contributed by atoms with E-state index in [9.17, 15) is 13.2 Å². The van der Waals surface area contributed by atoms with Gasteiger partial charge in [0.1, 0.15) is 0 Å². The Morgan fingerprint density at radius 3 is 2.61 bits per heavy atom. The summed E-state index contributed by atoms with van der Waals surface area (Å²) in [7, 11) is -3.49. The number of nitrogens with one attached hydrogen (secondary N) is 1. The Balaban J connectivity index is 1.62. The van der Waals surface area contributed by atoms with Crippen molar-refractivity contribution in [1.82, 2.24) is 13.9 Å². The first-order valence-electron chi connectivity index (χ1n) is 7.74. The lowest BCUT2D eigenvalue weighted by Gasteiger charge is -2.20. The number of carbonyl (C=O) groups is 1. The quantitative estimate of drug-likeness (QED) is 0.865. The van der Waals surface area contributed by atoms with Crippen molar-refractivity contribution in [2.75, 3.05) is 19.6 Å². The van der Waals surface area contributed by atoms with Gasteiger partial charge in [-0.3, -0.25) is 4.79 Å². The maximum absolute atomic E-state index is 12.3. The number of nitrogens with zero attached hydrogens (tertiary/aromatic N) is 2. The van der Waals surface area contributed by atoms with Gasteiger partial charge in [0.15, 0.2) is 0 Å². The van der Waals surface area contributed by atoms with Crippen LogP contribution in [0.2, 0.25) is 5.02 Å². The highest BCUT2D eigenvalue weighted by atomic mass is 35.5. The second-order valence-electron chi connectivity index (χ2n) is 6.00. The molecule has 1 aromatic rings. The molecule has 8 heteroatoms. The summed E-state index contributed by atoms with van der Waals surface area (Å²) in [6, 6.07) is 6.98. The Morgan fingerprint density at radius 2 is 1.91 bits per heavy atom. The third kappa shape index (κ3) is 3.85. The minimum absolute atomic E-state index is 0.0564. The SMILES string of the molecule is O=C1CC(NS(=O)(=O)N2CCCC2)CN1Cc1ccccc1Cl. The van der Waals surface area contributed by atoms with Gasteiger partial charge in [-0.25, -0.2) is 0 Å². The van der Waals surface area contributed by atoms with Crippen LogP contribution in [-0.4, -0.2) is 49.2 Å². The summed E-state index contributed by atoms with van der Waals surface area (Å²) >= 11 is 6.12. The molecule has 2 saturated heterocycles. The lowest BCUT2D eigenvalue weighted by Crippen LogP contribution is -2.45. The number of rotatable bonds is 5. The maximum atomic E-state index is 12.3. The zero-order valence-corrected chi connectivity index (χ0v) is 14.3. The Labute approximate surface area is 141 Å². The summed E-state index contributed by atoms with van der Waals surface area (Å²) in [4.78, 5) is 13.8. The predicted octanol–water partition coefficient (Wildman–Crippen LogP) is 1.37. The summed E-state index contributed by atoms with van der Waals surface area (Å²) in [5.74, 6) is -0.0564. The highest BCUT2D eigenvalue weighted by molar-refractivity contribution is 7.87. The zero-order chi connectivity index (χ0) is 16.4. The normalized spacial score (nSPS) is 22.9. The van der Waals surface area contributed by atoms with Gasteiger partial charge in [-0.15, -0.1) is 0 Å². The summed E-state index contributed by atoms with van der Waals surface area (Å²) in [6.45, 7) is 1.89. The number of likely N-dealkylation sites (tertiary alicyclic amines) is 1. The fraction of sp³-hybridized carbons (Fsp3) is 0.533. The molecule has 2 fully saturated rings. The van der Waals surface area contributed by atoms with Gasteiger partial charge < -0.3 is 4.90 Å². The van der Waals surface area contributed by atoms with Crippen molar-refractivity contribution in [2.45, 2.75) is 31.8 Å². The van der Waals surface area contributed by atoms with Gasteiger partial charge in [0.2, 0.25) is 5.91 Å². The zero-order valence-electron chi connectivity index (χ0n) is 12.7. The molecule has 126 valence electrons. The molecule has 6 nitrogen and oxygen atoms in total. The second kappa shape index (κ2) is 6.76. The van der Waals surface area contributed by atoms with E-state index in [2.05, 4.69) is 4.72 Å². The average molecular weight is 358 g/mol. The third-order valence-electron chi connectivity index (χ3n) is 4.25. The van der Waals surface area contributed by atoms with Crippen molar-refractivity contribution < 1.29 is 13.2 Å². The van der Waals surface area contributed by atoms with Crippen LogP contribution < -0.4 is 4.72 Å². The van der Waals surface area contributed by atoms with Crippen LogP contribution in [0.5, 0.6) is 0 Å². The molecule has 2 aliphatic heterocycles. The van der Waals surface area contributed by atoms with Crippen LogP contribution in [0.4, 0.5) is 0 Å². The largest absolute Gasteiger partial charge is 0.337 e. The van der Waals surface area contributed by atoms with E-state index in [0.717, 1.165) is 18.4 Å². The number of benzene rings is 1. The number of amides is 1. The molecule has 3 rings (SSSR count). The van der Waals surface area contributed by atoms with E-state index in [1.54, 1.807) is 11.0 Å². The first-order chi connectivity index (χ1) is 11.0. The topological polar surface area (TPSA) is 69.7 Å². The molecule has 1 unspecified atom stereocenters. The van der Waals surface area contributed by atoms with Crippen LogP contribution in [0, 0.1) is 0 Å². The molecular formula is C15H20ClN3O3S. The van der Waals surface area contributed by atoms with Gasteiger partial charge in [-0.2, -0.15) is 17.4 Å². The van der Waals surface area contributed by atoms with E-state index >= 15 is 0 Å². The fourth-order valence-electron chi connectivity index (χ4n) is 3.05. The van der Waals surface area contributed by atoms with Crippen LogP contribution in [-0.2, 0) is 21.5 Å². The molecule has 2 heterocycles. The summed E-state index contributed by atoms with van der Waals surface area (Å²) in [5, 5.41) is 0.612. The minimum atomic E-state index is -3.49. The Bertz CT molecular complexity index is 689. The molecule has 1 atom stereocenters. The fourth-order valence-corrected chi connectivity index (χ4v) is 4.71. The molecule has 23 heavy (non-hydrogen) atoms. The second-order valence-corrected chi connectivity index (χ2v) is 8.11. The van der Waals surface area contributed by atoms with Crippen molar-refractivity contribution in [3.05, 3.63) is 34.9 Å². The standard InChI is InChI=1S/C15H20ClN3O3S/c16-14-6-2-1-5-12(14)10-18-11-13(9-15(18)20)17-23(21,22)19-7-3-4-8-19/h1-2,5-6,13,17H,3-4,7-11H2. The van der Waals surface area contributed by atoms with Crippen molar-refractivity contribution in [3.8, 4) is 0 Å². The lowest BCUT2D eigenvalue weighted by molar-refractivity contribution is -0.128. The molecule has 0 spiro atoms. The van der Waals surface area contributed by atoms with Gasteiger partial charge in [-0.05, 0) is 24.5 Å². The smallest absolute Gasteiger partial charge is 0.279 e. The third-order valence-corrected chi connectivity index (χ3v) is 6.30. The lowest BCUT2D eigenvalue weighted by atomic mass is 10.2. The van der Waals surface area contributed by atoms with E-state index in [0.29, 0.717) is 31.2 Å². The van der Waals surface area contributed by atoms with Gasteiger partial charge in [0, 0.05) is 43.7 Å². The first kappa shape index (κ1) is 16.7. The Hall–Kier alpha value is -1.15. The number of halogens is 1. The molecule has 0 saturated carbocycles. The molecule has 2 aliphatic rings. The van der Waals surface area contributed by atoms with Gasteiger partial charge in [0.05, 0.1) is 0 Å². The van der Waals surface area contributed by atoms with Gasteiger partial charge >= 0.3 is 0 Å². The van der Waals surface area contributed by atoms with E-state index < -0.39 is 10.2 Å². The summed E-state index contributed by atoms with van der Waals surface area (Å²) < 4.78 is 28.7. The average Bonchev–Trinajstić information content (AvgIpc) is 3.12. The van der Waals surface area contributed by atoms with E-state index in [-0.39, 0.29) is 18.4 Å². The summed E-state index contributed by atoms with van der Waals surface area (Å²) in [6.07, 6.45) is 1.98. The van der Waals surface area contributed by atoms with Crippen molar-refractivity contribution >= 4 is 27.7 Å². The number of hydrogen-bond donors (Lipinski definition) is 1.